The van der Waals surface area contributed by atoms with Crippen molar-refractivity contribution < 1.29 is 5.11 Å². The average molecular weight is 181 g/mol. The highest BCUT2D eigenvalue weighted by atomic mass is 35.5. The second-order valence-electron chi connectivity index (χ2n) is 1.56. The van der Waals surface area contributed by atoms with Crippen molar-refractivity contribution in [2.75, 3.05) is 5.73 Å². The number of halogens is 2. The van der Waals surface area contributed by atoms with Gasteiger partial charge in [-0.15, -0.1) is 12.4 Å². The summed E-state index contributed by atoms with van der Waals surface area (Å²) in [4.78, 5) is 3.57. The maximum atomic E-state index is 8.74. The molecule has 0 fully saturated rings. The van der Waals surface area contributed by atoms with Crippen molar-refractivity contribution in [1.82, 2.24) is 4.98 Å². The smallest absolute Gasteiger partial charge is 0.142 e. The summed E-state index contributed by atoms with van der Waals surface area (Å²) < 4.78 is 0. The number of aromatic hydroxyl groups is 1. The number of hydrogen-bond acceptors (Lipinski definition) is 3. The second-order valence-corrected chi connectivity index (χ2v) is 1.97. The van der Waals surface area contributed by atoms with E-state index in [1.807, 2.05) is 0 Å². The number of nitrogen functional groups attached to an aromatic ring is 1. The lowest BCUT2D eigenvalue weighted by atomic mass is 10.4. The Kier molecular flexibility index (Phi) is 3.25. The Morgan fingerprint density at radius 3 is 2.60 bits per heavy atom. The van der Waals surface area contributed by atoms with Crippen molar-refractivity contribution in [3.63, 3.8) is 0 Å². The van der Waals surface area contributed by atoms with Crippen LogP contribution in [0, 0.1) is 0 Å². The molecule has 0 amide bonds. The topological polar surface area (TPSA) is 59.1 Å². The van der Waals surface area contributed by atoms with Gasteiger partial charge in [0.15, 0.2) is 0 Å². The third-order valence-corrected chi connectivity index (χ3v) is 1.16. The number of nitrogens with two attached hydrogens (primary N) is 1. The molecule has 0 aliphatic rings. The van der Waals surface area contributed by atoms with Gasteiger partial charge in [0.25, 0.3) is 0 Å². The van der Waals surface area contributed by atoms with Crippen molar-refractivity contribution in [3.8, 4) is 5.75 Å². The third-order valence-electron chi connectivity index (χ3n) is 0.855. The van der Waals surface area contributed by atoms with E-state index in [-0.39, 0.29) is 29.0 Å². The highest BCUT2D eigenvalue weighted by molar-refractivity contribution is 6.32. The zero-order chi connectivity index (χ0) is 6.85. The molecule has 0 saturated heterocycles. The van der Waals surface area contributed by atoms with Crippen LogP contribution in [0.15, 0.2) is 12.3 Å². The second kappa shape index (κ2) is 3.49. The molecule has 3 nitrogen and oxygen atoms in total. The van der Waals surface area contributed by atoms with Gasteiger partial charge in [-0.25, -0.2) is 4.98 Å². The highest BCUT2D eigenvalue weighted by Gasteiger charge is 1.95. The van der Waals surface area contributed by atoms with Crippen molar-refractivity contribution in [2.45, 2.75) is 0 Å². The van der Waals surface area contributed by atoms with Crippen LogP contribution in [0.2, 0.25) is 5.02 Å². The van der Waals surface area contributed by atoms with Gasteiger partial charge < -0.3 is 10.8 Å². The quantitative estimate of drug-likeness (QED) is 0.636. The molecule has 0 atom stereocenters. The average Bonchev–Trinajstić information content (AvgIpc) is 1.80. The molecule has 0 saturated carbocycles. The maximum absolute atomic E-state index is 8.74. The van der Waals surface area contributed by atoms with Crippen LogP contribution in [0.25, 0.3) is 0 Å². The zero-order valence-electron chi connectivity index (χ0n) is 4.91. The SMILES string of the molecule is Cl.Nc1ncc(O)cc1Cl. The molecule has 10 heavy (non-hydrogen) atoms. The minimum Gasteiger partial charge on any atom is -0.506 e. The Hall–Kier alpha value is -0.670. The van der Waals surface area contributed by atoms with Gasteiger partial charge in [-0.3, -0.25) is 0 Å². The molecule has 0 spiro atoms. The van der Waals surface area contributed by atoms with Gasteiger partial charge >= 0.3 is 0 Å². The number of rotatable bonds is 0. The first-order valence-electron chi connectivity index (χ1n) is 2.30. The van der Waals surface area contributed by atoms with Gasteiger partial charge in [0.2, 0.25) is 0 Å². The summed E-state index contributed by atoms with van der Waals surface area (Å²) >= 11 is 5.47. The summed E-state index contributed by atoms with van der Waals surface area (Å²) in [6, 6.07) is 1.34. The summed E-state index contributed by atoms with van der Waals surface area (Å²) in [7, 11) is 0. The predicted octanol–water partition coefficient (Wildman–Crippen LogP) is 1.44. The van der Waals surface area contributed by atoms with Gasteiger partial charge in [0.05, 0.1) is 11.2 Å². The predicted molar refractivity (Wildman–Crippen MR) is 42.6 cm³/mol. The summed E-state index contributed by atoms with van der Waals surface area (Å²) in [5.74, 6) is 0.253. The Bertz CT molecular complexity index is 229. The maximum Gasteiger partial charge on any atom is 0.142 e. The summed E-state index contributed by atoms with van der Waals surface area (Å²) in [6.45, 7) is 0. The van der Waals surface area contributed by atoms with E-state index in [1.54, 1.807) is 0 Å². The van der Waals surface area contributed by atoms with E-state index in [0.717, 1.165) is 0 Å². The number of anilines is 1. The molecule has 0 aliphatic carbocycles. The van der Waals surface area contributed by atoms with E-state index in [4.69, 9.17) is 22.4 Å². The van der Waals surface area contributed by atoms with E-state index < -0.39 is 0 Å². The molecule has 0 aromatic carbocycles. The summed E-state index contributed by atoms with van der Waals surface area (Å²) in [5, 5.41) is 9.01. The fraction of sp³-hybridized carbons (Fsp3) is 0. The molecule has 5 heteroatoms. The van der Waals surface area contributed by atoms with Crippen LogP contribution in [0.5, 0.6) is 5.75 Å². The van der Waals surface area contributed by atoms with Crippen molar-refractivity contribution >= 4 is 29.8 Å². The molecule has 1 aromatic heterocycles. The van der Waals surface area contributed by atoms with Crippen molar-refractivity contribution in [1.29, 1.82) is 0 Å². The number of aromatic nitrogens is 1. The fourth-order valence-electron chi connectivity index (χ4n) is 0.438. The molecule has 0 unspecified atom stereocenters. The first-order chi connectivity index (χ1) is 4.20. The van der Waals surface area contributed by atoms with E-state index in [1.165, 1.54) is 12.3 Å². The molecule has 1 aromatic rings. The number of pyridine rings is 1. The summed E-state index contributed by atoms with van der Waals surface area (Å²) in [5.41, 5.74) is 5.23. The Morgan fingerprint density at radius 2 is 2.20 bits per heavy atom. The molecule has 0 aliphatic heterocycles. The molecular formula is C5H6Cl2N2O. The molecule has 3 N–H and O–H groups in total. The van der Waals surface area contributed by atoms with Crippen LogP contribution < -0.4 is 5.73 Å². The van der Waals surface area contributed by atoms with Crippen LogP contribution in [-0.4, -0.2) is 10.1 Å². The molecular weight excluding hydrogens is 175 g/mol. The van der Waals surface area contributed by atoms with Crippen LogP contribution in [0.3, 0.4) is 0 Å². The van der Waals surface area contributed by atoms with Gasteiger partial charge in [-0.1, -0.05) is 11.6 Å². The van der Waals surface area contributed by atoms with Crippen LogP contribution >= 0.6 is 24.0 Å². The number of nitrogens with zero attached hydrogens (tertiary/aromatic N) is 1. The van der Waals surface area contributed by atoms with Crippen LogP contribution in [-0.2, 0) is 0 Å². The Balaban J connectivity index is 0.000000810. The summed E-state index contributed by atoms with van der Waals surface area (Å²) in [6.07, 6.45) is 1.24. The monoisotopic (exact) mass is 180 g/mol. The molecule has 0 bridgehead atoms. The molecule has 1 rings (SSSR count). The Morgan fingerprint density at radius 1 is 1.60 bits per heavy atom. The van der Waals surface area contributed by atoms with E-state index in [0.29, 0.717) is 0 Å². The number of hydrogen-bond donors (Lipinski definition) is 2. The molecule has 56 valence electrons. The lowest BCUT2D eigenvalue weighted by Crippen LogP contribution is -1.88. The minimum atomic E-state index is 0. The standard InChI is InChI=1S/C5H5ClN2O.ClH/c6-4-1-3(9)2-8-5(4)7;/h1-2,9H,(H2,7,8);1H. The zero-order valence-corrected chi connectivity index (χ0v) is 6.49. The first-order valence-corrected chi connectivity index (χ1v) is 2.68. The van der Waals surface area contributed by atoms with E-state index in [2.05, 4.69) is 4.98 Å². The van der Waals surface area contributed by atoms with Gasteiger partial charge in [-0.2, -0.15) is 0 Å². The minimum absolute atomic E-state index is 0. The van der Waals surface area contributed by atoms with Crippen LogP contribution in [0.1, 0.15) is 0 Å². The van der Waals surface area contributed by atoms with Crippen molar-refractivity contribution in [2.24, 2.45) is 0 Å². The van der Waals surface area contributed by atoms with Crippen molar-refractivity contribution in [3.05, 3.63) is 17.3 Å². The third kappa shape index (κ3) is 1.93. The van der Waals surface area contributed by atoms with Gasteiger partial charge in [0, 0.05) is 6.07 Å². The molecule has 0 radical (unpaired) electrons. The first kappa shape index (κ1) is 9.33. The fourth-order valence-corrected chi connectivity index (χ4v) is 0.599. The highest BCUT2D eigenvalue weighted by Crippen LogP contribution is 2.19. The van der Waals surface area contributed by atoms with Gasteiger partial charge in [-0.05, 0) is 0 Å². The Labute approximate surface area is 69.2 Å². The van der Waals surface area contributed by atoms with E-state index in [9.17, 15) is 0 Å². The normalized spacial score (nSPS) is 8.50. The van der Waals surface area contributed by atoms with Gasteiger partial charge in [0.1, 0.15) is 11.6 Å². The lowest BCUT2D eigenvalue weighted by molar-refractivity contribution is 0.473. The van der Waals surface area contributed by atoms with Crippen LogP contribution in [0.4, 0.5) is 5.82 Å². The molecule has 1 heterocycles. The largest absolute Gasteiger partial charge is 0.506 e. The van der Waals surface area contributed by atoms with E-state index >= 15 is 0 Å². The lowest BCUT2D eigenvalue weighted by Gasteiger charge is -1.94.